The summed E-state index contributed by atoms with van der Waals surface area (Å²) in [4.78, 5) is 12.2. The van der Waals surface area contributed by atoms with E-state index in [4.69, 9.17) is 4.74 Å². The van der Waals surface area contributed by atoms with Gasteiger partial charge >= 0.3 is 0 Å². The van der Waals surface area contributed by atoms with Gasteiger partial charge in [-0.25, -0.2) is 0 Å². The number of benzene rings is 1. The minimum absolute atomic E-state index is 0.0734. The third kappa shape index (κ3) is 5.38. The van der Waals surface area contributed by atoms with Crippen molar-refractivity contribution in [3.8, 4) is 5.75 Å². The first-order valence-corrected chi connectivity index (χ1v) is 7.89. The monoisotopic (exact) mass is 290 g/mol. The first kappa shape index (κ1) is 15.8. The zero-order chi connectivity index (χ0) is 15.1. The molecule has 0 bridgehead atoms. The third-order valence-corrected chi connectivity index (χ3v) is 3.73. The van der Waals surface area contributed by atoms with Crippen LogP contribution in [0.15, 0.2) is 24.3 Å². The molecule has 1 saturated heterocycles. The maximum absolute atomic E-state index is 12.2. The van der Waals surface area contributed by atoms with Crippen LogP contribution in [0.2, 0.25) is 0 Å². The average Bonchev–Trinajstić information content (AvgIpc) is 2.48. The summed E-state index contributed by atoms with van der Waals surface area (Å²) < 4.78 is 5.72. The smallest absolute Gasteiger partial charge is 0.228 e. The highest BCUT2D eigenvalue weighted by Gasteiger charge is 2.20. The molecule has 0 aromatic heterocycles. The molecule has 0 radical (unpaired) electrons. The minimum Gasteiger partial charge on any atom is -0.494 e. The highest BCUT2D eigenvalue weighted by Crippen LogP contribution is 2.20. The van der Waals surface area contributed by atoms with E-state index < -0.39 is 0 Å². The quantitative estimate of drug-likeness (QED) is 0.846. The Morgan fingerprint density at radius 3 is 3.05 bits per heavy atom. The Bertz CT molecular complexity index is 454. The van der Waals surface area contributed by atoms with Crippen molar-refractivity contribution in [1.29, 1.82) is 0 Å². The van der Waals surface area contributed by atoms with Gasteiger partial charge in [0.1, 0.15) is 5.75 Å². The first-order valence-electron chi connectivity index (χ1n) is 7.89. The second kappa shape index (κ2) is 8.03. The number of anilines is 1. The fourth-order valence-electron chi connectivity index (χ4n) is 2.40. The standard InChI is InChI=1S/C17H26N2O2/c1-13(2)8-10-21-16-7-3-6-15(11-16)19-17(20)14-5-4-9-18-12-14/h3,6-7,11,13-14,18H,4-5,8-10,12H2,1-2H3,(H,19,20). The summed E-state index contributed by atoms with van der Waals surface area (Å²) in [6.45, 7) is 6.86. The normalized spacial score (nSPS) is 18.5. The van der Waals surface area contributed by atoms with E-state index in [1.807, 2.05) is 24.3 Å². The number of ether oxygens (including phenoxy) is 1. The number of nitrogens with one attached hydrogen (secondary N) is 2. The molecule has 1 atom stereocenters. The Kier molecular flexibility index (Phi) is 6.05. The molecule has 2 N–H and O–H groups in total. The number of hydrogen-bond acceptors (Lipinski definition) is 3. The number of carbonyl (C=O) groups excluding carboxylic acids is 1. The molecule has 0 aliphatic carbocycles. The lowest BCUT2D eigenvalue weighted by molar-refractivity contribution is -0.120. The fraction of sp³-hybridized carbons (Fsp3) is 0.588. The third-order valence-electron chi connectivity index (χ3n) is 3.73. The number of amides is 1. The van der Waals surface area contributed by atoms with Crippen molar-refractivity contribution in [3.05, 3.63) is 24.3 Å². The predicted molar refractivity (Wildman–Crippen MR) is 85.6 cm³/mol. The molecule has 0 saturated carbocycles. The number of rotatable bonds is 6. The lowest BCUT2D eigenvalue weighted by atomic mass is 9.99. The van der Waals surface area contributed by atoms with Gasteiger partial charge in [-0.1, -0.05) is 19.9 Å². The maximum atomic E-state index is 12.2. The molecule has 1 aromatic rings. The summed E-state index contributed by atoms with van der Waals surface area (Å²) in [7, 11) is 0. The molecule has 1 fully saturated rings. The fourth-order valence-corrected chi connectivity index (χ4v) is 2.40. The summed E-state index contributed by atoms with van der Waals surface area (Å²) in [6, 6.07) is 7.65. The molecule has 4 heteroatoms. The van der Waals surface area contributed by atoms with Crippen LogP contribution in [0.5, 0.6) is 5.75 Å². The Balaban J connectivity index is 1.86. The van der Waals surface area contributed by atoms with E-state index in [9.17, 15) is 4.79 Å². The van der Waals surface area contributed by atoms with Gasteiger partial charge in [0, 0.05) is 18.3 Å². The summed E-state index contributed by atoms with van der Waals surface area (Å²) in [5.74, 6) is 1.62. The van der Waals surface area contributed by atoms with Crippen molar-refractivity contribution >= 4 is 11.6 Å². The van der Waals surface area contributed by atoms with Gasteiger partial charge in [-0.05, 0) is 43.9 Å². The van der Waals surface area contributed by atoms with Crippen molar-refractivity contribution in [2.45, 2.75) is 33.1 Å². The van der Waals surface area contributed by atoms with Gasteiger partial charge in [0.05, 0.1) is 12.5 Å². The molecule has 4 nitrogen and oxygen atoms in total. The Hall–Kier alpha value is -1.55. The summed E-state index contributed by atoms with van der Waals surface area (Å²) >= 11 is 0. The molecule has 1 aliphatic rings. The Morgan fingerprint density at radius 2 is 2.33 bits per heavy atom. The Labute approximate surface area is 127 Å². The van der Waals surface area contributed by atoms with Crippen LogP contribution < -0.4 is 15.4 Å². The zero-order valence-electron chi connectivity index (χ0n) is 13.0. The van der Waals surface area contributed by atoms with Gasteiger partial charge in [0.2, 0.25) is 5.91 Å². The van der Waals surface area contributed by atoms with Crippen LogP contribution in [-0.4, -0.2) is 25.6 Å². The second-order valence-electron chi connectivity index (χ2n) is 6.09. The lowest BCUT2D eigenvalue weighted by Gasteiger charge is -2.22. The predicted octanol–water partition coefficient (Wildman–Crippen LogP) is 3.05. The molecule has 1 heterocycles. The number of hydrogen-bond donors (Lipinski definition) is 2. The van der Waals surface area contributed by atoms with Gasteiger partial charge in [-0.15, -0.1) is 0 Å². The largest absolute Gasteiger partial charge is 0.494 e. The lowest BCUT2D eigenvalue weighted by Crippen LogP contribution is -2.37. The van der Waals surface area contributed by atoms with Crippen LogP contribution in [0.1, 0.15) is 33.1 Å². The van der Waals surface area contributed by atoms with E-state index in [0.717, 1.165) is 43.8 Å². The van der Waals surface area contributed by atoms with Crippen molar-refractivity contribution < 1.29 is 9.53 Å². The second-order valence-corrected chi connectivity index (χ2v) is 6.09. The molecule has 1 unspecified atom stereocenters. The van der Waals surface area contributed by atoms with Gasteiger partial charge < -0.3 is 15.4 Å². The highest BCUT2D eigenvalue weighted by atomic mass is 16.5. The van der Waals surface area contributed by atoms with E-state index in [1.165, 1.54) is 0 Å². The molecule has 2 rings (SSSR count). The van der Waals surface area contributed by atoms with Crippen LogP contribution in [0.4, 0.5) is 5.69 Å². The van der Waals surface area contributed by atoms with Gasteiger partial charge in [-0.3, -0.25) is 4.79 Å². The van der Waals surface area contributed by atoms with E-state index in [2.05, 4.69) is 24.5 Å². The van der Waals surface area contributed by atoms with Crippen LogP contribution in [0.25, 0.3) is 0 Å². The first-order chi connectivity index (χ1) is 10.1. The van der Waals surface area contributed by atoms with Crippen molar-refractivity contribution in [1.82, 2.24) is 5.32 Å². The van der Waals surface area contributed by atoms with Crippen LogP contribution in [0.3, 0.4) is 0 Å². The highest BCUT2D eigenvalue weighted by molar-refractivity contribution is 5.92. The number of piperidine rings is 1. The van der Waals surface area contributed by atoms with Crippen LogP contribution in [0, 0.1) is 11.8 Å². The summed E-state index contributed by atoms with van der Waals surface area (Å²) in [6.07, 6.45) is 3.06. The molecule has 1 amide bonds. The maximum Gasteiger partial charge on any atom is 0.228 e. The van der Waals surface area contributed by atoms with Crippen molar-refractivity contribution in [2.75, 3.05) is 25.0 Å². The van der Waals surface area contributed by atoms with Crippen molar-refractivity contribution in [3.63, 3.8) is 0 Å². The Morgan fingerprint density at radius 1 is 1.48 bits per heavy atom. The van der Waals surface area contributed by atoms with E-state index in [-0.39, 0.29) is 11.8 Å². The number of carbonyl (C=O) groups is 1. The van der Waals surface area contributed by atoms with Crippen LogP contribution in [-0.2, 0) is 4.79 Å². The van der Waals surface area contributed by atoms with Gasteiger partial charge in [0.25, 0.3) is 0 Å². The zero-order valence-corrected chi connectivity index (χ0v) is 13.0. The van der Waals surface area contributed by atoms with E-state index in [1.54, 1.807) is 0 Å². The molecule has 1 aromatic carbocycles. The molecule has 0 spiro atoms. The van der Waals surface area contributed by atoms with Crippen molar-refractivity contribution in [2.24, 2.45) is 11.8 Å². The molecule has 116 valence electrons. The minimum atomic E-state index is 0.0734. The van der Waals surface area contributed by atoms with E-state index >= 15 is 0 Å². The summed E-state index contributed by atoms with van der Waals surface area (Å²) in [5, 5.41) is 6.26. The average molecular weight is 290 g/mol. The molecule has 21 heavy (non-hydrogen) atoms. The summed E-state index contributed by atoms with van der Waals surface area (Å²) in [5.41, 5.74) is 0.813. The van der Waals surface area contributed by atoms with Gasteiger partial charge in [-0.2, -0.15) is 0 Å². The van der Waals surface area contributed by atoms with Gasteiger partial charge in [0.15, 0.2) is 0 Å². The topological polar surface area (TPSA) is 50.4 Å². The molecular weight excluding hydrogens is 264 g/mol. The molecular formula is C17H26N2O2. The van der Waals surface area contributed by atoms with Crippen LogP contribution >= 0.6 is 0 Å². The van der Waals surface area contributed by atoms with E-state index in [0.29, 0.717) is 12.5 Å². The SMILES string of the molecule is CC(C)CCOc1cccc(NC(=O)C2CCCNC2)c1. The molecule has 1 aliphatic heterocycles.